The molecule has 1 saturated heterocycles. The monoisotopic (exact) mass is 463 g/mol. The van der Waals surface area contributed by atoms with E-state index in [1.807, 2.05) is 29.2 Å². The number of fused-ring (bicyclic) bond motifs is 1. The van der Waals surface area contributed by atoms with E-state index in [4.69, 9.17) is 9.47 Å². The van der Waals surface area contributed by atoms with Crippen LogP contribution in [0.3, 0.4) is 0 Å². The SMILES string of the molecule is COc1ccc(OC)c(C2C3CCCCC3(O)CCN2C(=O)C=Cc2ccc(C(C)C)cc2)c1. The lowest BCUT2D eigenvalue weighted by Gasteiger charge is -2.52. The highest BCUT2D eigenvalue weighted by Crippen LogP contribution is 2.51. The van der Waals surface area contributed by atoms with E-state index < -0.39 is 5.60 Å². The number of likely N-dealkylation sites (tertiary alicyclic amines) is 1. The summed E-state index contributed by atoms with van der Waals surface area (Å²) in [7, 11) is 3.29. The van der Waals surface area contributed by atoms with Crippen molar-refractivity contribution < 1.29 is 19.4 Å². The summed E-state index contributed by atoms with van der Waals surface area (Å²) in [6.07, 6.45) is 7.88. The molecule has 1 aliphatic carbocycles. The zero-order valence-corrected chi connectivity index (χ0v) is 20.8. The van der Waals surface area contributed by atoms with Gasteiger partial charge >= 0.3 is 0 Å². The molecule has 1 N–H and O–H groups in total. The second-order valence-electron chi connectivity index (χ2n) is 9.94. The van der Waals surface area contributed by atoms with E-state index >= 15 is 0 Å². The Balaban J connectivity index is 1.68. The van der Waals surface area contributed by atoms with Crippen molar-refractivity contribution in [2.45, 2.75) is 63.5 Å². The molecule has 0 bridgehead atoms. The maximum absolute atomic E-state index is 13.5. The van der Waals surface area contributed by atoms with Crippen LogP contribution in [-0.2, 0) is 4.79 Å². The maximum atomic E-state index is 13.5. The number of carbonyl (C=O) groups excluding carboxylic acids is 1. The van der Waals surface area contributed by atoms with Crippen LogP contribution >= 0.6 is 0 Å². The number of aliphatic hydroxyl groups is 1. The molecule has 3 unspecified atom stereocenters. The summed E-state index contributed by atoms with van der Waals surface area (Å²) in [6.45, 7) is 4.85. The lowest BCUT2D eigenvalue weighted by molar-refractivity contribution is -0.151. The second-order valence-corrected chi connectivity index (χ2v) is 9.94. The quantitative estimate of drug-likeness (QED) is 0.556. The molecule has 1 amide bonds. The molecule has 1 aliphatic heterocycles. The molecule has 1 saturated carbocycles. The number of hydrogen-bond donors (Lipinski definition) is 1. The summed E-state index contributed by atoms with van der Waals surface area (Å²) in [5.41, 5.74) is 2.42. The topological polar surface area (TPSA) is 59.0 Å². The number of benzene rings is 2. The van der Waals surface area contributed by atoms with Gasteiger partial charge in [-0.15, -0.1) is 0 Å². The molecule has 182 valence electrons. The van der Waals surface area contributed by atoms with Gasteiger partial charge < -0.3 is 19.5 Å². The van der Waals surface area contributed by atoms with E-state index in [-0.39, 0.29) is 17.9 Å². The van der Waals surface area contributed by atoms with Crippen LogP contribution in [-0.4, -0.2) is 42.3 Å². The fraction of sp³-hybridized carbons (Fsp3) is 0.483. The van der Waals surface area contributed by atoms with E-state index in [1.54, 1.807) is 20.3 Å². The minimum atomic E-state index is -0.760. The molecule has 2 aromatic rings. The first-order chi connectivity index (χ1) is 16.4. The number of nitrogens with zero attached hydrogens (tertiary/aromatic N) is 1. The highest BCUT2D eigenvalue weighted by molar-refractivity contribution is 5.92. The minimum absolute atomic E-state index is 0.0429. The number of rotatable bonds is 6. The van der Waals surface area contributed by atoms with Gasteiger partial charge in [0.05, 0.1) is 25.9 Å². The summed E-state index contributed by atoms with van der Waals surface area (Å²) in [6, 6.07) is 13.8. The van der Waals surface area contributed by atoms with Gasteiger partial charge in [0.25, 0.3) is 0 Å². The summed E-state index contributed by atoms with van der Waals surface area (Å²) < 4.78 is 11.2. The zero-order chi connectivity index (χ0) is 24.3. The van der Waals surface area contributed by atoms with Gasteiger partial charge in [-0.05, 0) is 60.6 Å². The first kappa shape index (κ1) is 24.3. The van der Waals surface area contributed by atoms with Crippen molar-refractivity contribution in [3.63, 3.8) is 0 Å². The third kappa shape index (κ3) is 4.85. The average molecular weight is 464 g/mol. The molecule has 2 aromatic carbocycles. The van der Waals surface area contributed by atoms with Gasteiger partial charge in [-0.1, -0.05) is 51.0 Å². The molecular weight excluding hydrogens is 426 g/mol. The summed E-state index contributed by atoms with van der Waals surface area (Å²) in [5.74, 6) is 1.82. The van der Waals surface area contributed by atoms with Crippen LogP contribution in [0.15, 0.2) is 48.5 Å². The van der Waals surface area contributed by atoms with Gasteiger partial charge in [0.2, 0.25) is 5.91 Å². The lowest BCUT2D eigenvalue weighted by atomic mass is 9.66. The molecule has 2 aliphatic rings. The van der Waals surface area contributed by atoms with Gasteiger partial charge in [-0.2, -0.15) is 0 Å². The van der Waals surface area contributed by atoms with Gasteiger partial charge in [-0.25, -0.2) is 0 Å². The molecule has 4 rings (SSSR count). The lowest BCUT2D eigenvalue weighted by Crippen LogP contribution is -2.56. The molecule has 0 aromatic heterocycles. The molecule has 2 fully saturated rings. The van der Waals surface area contributed by atoms with E-state index in [1.165, 1.54) is 5.56 Å². The first-order valence-electron chi connectivity index (χ1n) is 12.4. The largest absolute Gasteiger partial charge is 0.497 e. The summed E-state index contributed by atoms with van der Waals surface area (Å²) >= 11 is 0. The highest BCUT2D eigenvalue weighted by atomic mass is 16.5. The second kappa shape index (κ2) is 10.2. The summed E-state index contributed by atoms with van der Waals surface area (Å²) in [5, 5.41) is 11.6. The van der Waals surface area contributed by atoms with E-state index in [9.17, 15) is 9.90 Å². The van der Waals surface area contributed by atoms with Crippen molar-refractivity contribution >= 4 is 12.0 Å². The number of piperidine rings is 1. The van der Waals surface area contributed by atoms with Gasteiger partial charge in [0.15, 0.2) is 0 Å². The average Bonchev–Trinajstić information content (AvgIpc) is 2.86. The van der Waals surface area contributed by atoms with Gasteiger partial charge in [0.1, 0.15) is 11.5 Å². The minimum Gasteiger partial charge on any atom is -0.497 e. The number of carbonyl (C=O) groups is 1. The number of amides is 1. The van der Waals surface area contributed by atoms with Crippen molar-refractivity contribution in [3.05, 3.63) is 65.2 Å². The van der Waals surface area contributed by atoms with Crippen LogP contribution in [0.4, 0.5) is 0 Å². The molecule has 1 heterocycles. The Hall–Kier alpha value is -2.79. The fourth-order valence-electron chi connectivity index (χ4n) is 5.64. The molecule has 3 atom stereocenters. The maximum Gasteiger partial charge on any atom is 0.247 e. The highest BCUT2D eigenvalue weighted by Gasteiger charge is 2.50. The predicted molar refractivity (Wildman–Crippen MR) is 135 cm³/mol. The van der Waals surface area contributed by atoms with Crippen LogP contribution in [0.25, 0.3) is 6.08 Å². The van der Waals surface area contributed by atoms with Crippen LogP contribution < -0.4 is 9.47 Å². The normalized spacial score (nSPS) is 24.8. The van der Waals surface area contributed by atoms with Crippen molar-refractivity contribution in [2.24, 2.45) is 5.92 Å². The molecule has 34 heavy (non-hydrogen) atoms. The van der Waals surface area contributed by atoms with E-state index in [2.05, 4.69) is 38.1 Å². The molecule has 0 spiro atoms. The van der Waals surface area contributed by atoms with E-state index in [0.717, 1.165) is 36.8 Å². The Morgan fingerprint density at radius 3 is 2.53 bits per heavy atom. The predicted octanol–water partition coefficient (Wildman–Crippen LogP) is 5.74. The Kier molecular flexibility index (Phi) is 7.32. The zero-order valence-electron chi connectivity index (χ0n) is 20.8. The van der Waals surface area contributed by atoms with Crippen molar-refractivity contribution in [1.29, 1.82) is 0 Å². The molecule has 0 radical (unpaired) electrons. The van der Waals surface area contributed by atoms with Crippen LogP contribution in [0.5, 0.6) is 11.5 Å². The third-order valence-corrected chi connectivity index (χ3v) is 7.63. The van der Waals surface area contributed by atoms with Crippen LogP contribution in [0.1, 0.15) is 74.6 Å². The molecule has 5 nitrogen and oxygen atoms in total. The van der Waals surface area contributed by atoms with Gasteiger partial charge in [0, 0.05) is 24.1 Å². The number of ether oxygens (including phenoxy) is 2. The standard InChI is InChI=1S/C29H37NO4/c1-20(2)22-11-8-21(9-12-22)10-15-27(31)30-18-17-29(32)16-6-5-7-25(29)28(30)24-19-23(33-3)13-14-26(24)34-4/h8-15,19-20,25,28,32H,5-7,16-18H2,1-4H3. The Bertz CT molecular complexity index is 1030. The van der Waals surface area contributed by atoms with Crippen molar-refractivity contribution in [2.75, 3.05) is 20.8 Å². The van der Waals surface area contributed by atoms with Crippen LogP contribution in [0.2, 0.25) is 0 Å². The Morgan fingerprint density at radius 1 is 1.09 bits per heavy atom. The first-order valence-corrected chi connectivity index (χ1v) is 12.4. The number of hydrogen-bond acceptors (Lipinski definition) is 4. The summed E-state index contributed by atoms with van der Waals surface area (Å²) in [4.78, 5) is 15.5. The molecular formula is C29H37NO4. The van der Waals surface area contributed by atoms with E-state index in [0.29, 0.717) is 30.4 Å². The Morgan fingerprint density at radius 2 is 1.85 bits per heavy atom. The molecule has 5 heteroatoms. The number of methoxy groups -OCH3 is 2. The van der Waals surface area contributed by atoms with Gasteiger partial charge in [-0.3, -0.25) is 4.79 Å². The Labute approximate surface area is 203 Å². The smallest absolute Gasteiger partial charge is 0.247 e. The van der Waals surface area contributed by atoms with Crippen LogP contribution in [0, 0.1) is 5.92 Å². The van der Waals surface area contributed by atoms with Crippen molar-refractivity contribution in [3.8, 4) is 11.5 Å². The third-order valence-electron chi connectivity index (χ3n) is 7.63. The van der Waals surface area contributed by atoms with Crippen molar-refractivity contribution in [1.82, 2.24) is 4.90 Å². The fourth-order valence-corrected chi connectivity index (χ4v) is 5.64.